The van der Waals surface area contributed by atoms with Gasteiger partial charge in [0.05, 0.1) is 11.6 Å². The maximum Gasteiger partial charge on any atom is 0.244 e. The number of halogens is 1. The van der Waals surface area contributed by atoms with Crippen LogP contribution in [0.4, 0.5) is 0 Å². The molecule has 1 fully saturated rings. The molecule has 1 aliphatic heterocycles. The van der Waals surface area contributed by atoms with Gasteiger partial charge in [-0.2, -0.15) is 0 Å². The second-order valence-corrected chi connectivity index (χ2v) is 6.60. The molecule has 1 aromatic carbocycles. The molecule has 6 heteroatoms. The highest BCUT2D eigenvalue weighted by atomic mass is 35.5. The fourth-order valence-corrected chi connectivity index (χ4v) is 3.41. The van der Waals surface area contributed by atoms with Crippen LogP contribution in [0.15, 0.2) is 55.0 Å². The predicted octanol–water partition coefficient (Wildman–Crippen LogP) is 3.48. The maximum atomic E-state index is 12.2. The van der Waals surface area contributed by atoms with Gasteiger partial charge in [0.25, 0.3) is 0 Å². The van der Waals surface area contributed by atoms with Gasteiger partial charge in [-0.05, 0) is 42.8 Å². The second-order valence-electron chi connectivity index (χ2n) is 6.19. The third kappa shape index (κ3) is 3.38. The summed E-state index contributed by atoms with van der Waals surface area (Å²) in [5.74, 6) is 0.813. The molecular formula is C19H18ClN3O2. The Labute approximate surface area is 150 Å². The Balaban J connectivity index is 1.43. The van der Waals surface area contributed by atoms with E-state index in [1.54, 1.807) is 23.2 Å². The number of hydrogen-bond donors (Lipinski definition) is 0. The van der Waals surface area contributed by atoms with Gasteiger partial charge in [-0.1, -0.05) is 11.6 Å². The lowest BCUT2D eigenvalue weighted by molar-refractivity contribution is 0.0856. The van der Waals surface area contributed by atoms with Crippen LogP contribution in [-0.2, 0) is 0 Å². The van der Waals surface area contributed by atoms with Crippen molar-refractivity contribution in [3.8, 4) is 5.75 Å². The average Bonchev–Trinajstić information content (AvgIpc) is 3.30. The van der Waals surface area contributed by atoms with Crippen LogP contribution >= 0.6 is 11.6 Å². The zero-order chi connectivity index (χ0) is 17.2. The number of ether oxygens (including phenoxy) is 1. The minimum atomic E-state index is 0.0452. The summed E-state index contributed by atoms with van der Waals surface area (Å²) in [6.07, 6.45) is 6.22. The third-order valence-electron chi connectivity index (χ3n) is 4.45. The van der Waals surface area contributed by atoms with E-state index in [0.717, 1.165) is 36.2 Å². The monoisotopic (exact) mass is 355 g/mol. The van der Waals surface area contributed by atoms with E-state index < -0.39 is 0 Å². The number of likely N-dealkylation sites (tertiary alicyclic amines) is 1. The van der Waals surface area contributed by atoms with E-state index in [9.17, 15) is 4.79 Å². The van der Waals surface area contributed by atoms with Crippen LogP contribution in [0.5, 0.6) is 5.75 Å². The van der Waals surface area contributed by atoms with Crippen molar-refractivity contribution in [2.24, 2.45) is 0 Å². The zero-order valence-electron chi connectivity index (χ0n) is 13.6. The topological polar surface area (TPSA) is 47.4 Å². The molecular weight excluding hydrogens is 338 g/mol. The van der Waals surface area contributed by atoms with E-state index in [-0.39, 0.29) is 12.0 Å². The molecule has 0 aliphatic carbocycles. The van der Waals surface area contributed by atoms with Gasteiger partial charge >= 0.3 is 0 Å². The lowest BCUT2D eigenvalue weighted by atomic mass is 10.2. The lowest BCUT2D eigenvalue weighted by Crippen LogP contribution is -2.32. The fraction of sp³-hybridized carbons (Fsp3) is 0.263. The molecule has 4 rings (SSSR count). The Morgan fingerprint density at radius 2 is 2.08 bits per heavy atom. The molecule has 0 N–H and O–H groups in total. The van der Waals surface area contributed by atoms with Crippen molar-refractivity contribution >= 4 is 28.4 Å². The van der Waals surface area contributed by atoms with Gasteiger partial charge in [0.2, 0.25) is 5.91 Å². The summed E-state index contributed by atoms with van der Waals surface area (Å²) in [7, 11) is 0. The van der Waals surface area contributed by atoms with Gasteiger partial charge < -0.3 is 4.74 Å². The Morgan fingerprint density at radius 3 is 2.92 bits per heavy atom. The Kier molecular flexibility index (Phi) is 4.42. The highest BCUT2D eigenvalue weighted by Gasteiger charge is 2.26. The molecule has 5 nitrogen and oxygen atoms in total. The highest BCUT2D eigenvalue weighted by Crippen LogP contribution is 2.31. The SMILES string of the molecule is O=C(CN1CC[C@H](Oc2ccc(Cl)c3cccnc23)C1)n1cccc1. The number of pyridine rings is 1. The number of hydrogen-bond acceptors (Lipinski definition) is 4. The maximum absolute atomic E-state index is 12.2. The molecule has 0 bridgehead atoms. The normalized spacial score (nSPS) is 17.9. The van der Waals surface area contributed by atoms with Crippen molar-refractivity contribution < 1.29 is 9.53 Å². The van der Waals surface area contributed by atoms with Gasteiger partial charge in [0.15, 0.2) is 0 Å². The third-order valence-corrected chi connectivity index (χ3v) is 4.78. The summed E-state index contributed by atoms with van der Waals surface area (Å²) in [5.41, 5.74) is 0.775. The van der Waals surface area contributed by atoms with E-state index in [2.05, 4.69) is 9.88 Å². The summed E-state index contributed by atoms with van der Waals surface area (Å²) in [4.78, 5) is 18.7. The molecule has 0 spiro atoms. The van der Waals surface area contributed by atoms with Crippen molar-refractivity contribution in [2.75, 3.05) is 19.6 Å². The number of benzene rings is 1. The van der Waals surface area contributed by atoms with Crippen LogP contribution in [-0.4, -0.2) is 46.1 Å². The van der Waals surface area contributed by atoms with Gasteiger partial charge in [-0.3, -0.25) is 19.2 Å². The molecule has 3 aromatic rings. The van der Waals surface area contributed by atoms with Gasteiger partial charge in [0, 0.05) is 37.1 Å². The van der Waals surface area contributed by atoms with Crippen LogP contribution in [0.2, 0.25) is 5.02 Å². The average molecular weight is 356 g/mol. The van der Waals surface area contributed by atoms with Crippen LogP contribution in [0.25, 0.3) is 10.9 Å². The van der Waals surface area contributed by atoms with Crippen LogP contribution in [0, 0.1) is 0 Å². The van der Waals surface area contributed by atoms with E-state index >= 15 is 0 Å². The van der Waals surface area contributed by atoms with Gasteiger partial charge in [0.1, 0.15) is 17.4 Å². The number of fused-ring (bicyclic) bond motifs is 1. The minimum Gasteiger partial charge on any atom is -0.487 e. The predicted molar refractivity (Wildman–Crippen MR) is 97.3 cm³/mol. The fourth-order valence-electron chi connectivity index (χ4n) is 3.20. The number of carbonyl (C=O) groups excluding carboxylic acids is 1. The first-order chi connectivity index (χ1) is 12.2. The zero-order valence-corrected chi connectivity index (χ0v) is 14.4. The molecule has 0 unspecified atom stereocenters. The number of rotatable bonds is 4. The largest absolute Gasteiger partial charge is 0.487 e. The Morgan fingerprint density at radius 1 is 1.24 bits per heavy atom. The molecule has 0 amide bonds. The van der Waals surface area contributed by atoms with Crippen LogP contribution in [0.3, 0.4) is 0 Å². The molecule has 1 saturated heterocycles. The number of aromatic nitrogens is 2. The van der Waals surface area contributed by atoms with Gasteiger partial charge in [-0.15, -0.1) is 0 Å². The summed E-state index contributed by atoms with van der Waals surface area (Å²) in [6, 6.07) is 11.2. The summed E-state index contributed by atoms with van der Waals surface area (Å²) in [5, 5.41) is 1.56. The minimum absolute atomic E-state index is 0.0452. The van der Waals surface area contributed by atoms with Crippen LogP contribution in [0.1, 0.15) is 11.2 Å². The van der Waals surface area contributed by atoms with Crippen molar-refractivity contribution in [2.45, 2.75) is 12.5 Å². The van der Waals surface area contributed by atoms with E-state index in [0.29, 0.717) is 11.6 Å². The van der Waals surface area contributed by atoms with E-state index in [1.165, 1.54) is 0 Å². The van der Waals surface area contributed by atoms with E-state index in [4.69, 9.17) is 16.3 Å². The highest BCUT2D eigenvalue weighted by molar-refractivity contribution is 6.35. The van der Waals surface area contributed by atoms with Crippen molar-refractivity contribution in [1.82, 2.24) is 14.5 Å². The van der Waals surface area contributed by atoms with Crippen molar-refractivity contribution in [3.05, 3.63) is 60.0 Å². The summed E-state index contributed by atoms with van der Waals surface area (Å²) >= 11 is 6.23. The molecule has 25 heavy (non-hydrogen) atoms. The molecule has 128 valence electrons. The van der Waals surface area contributed by atoms with Crippen LogP contribution < -0.4 is 4.74 Å². The molecule has 3 heterocycles. The van der Waals surface area contributed by atoms with Crippen molar-refractivity contribution in [3.63, 3.8) is 0 Å². The number of carbonyl (C=O) groups is 1. The standard InChI is InChI=1S/C19H18ClN3O2/c20-16-5-6-17(19-15(16)4-3-8-21-19)25-14-7-11-22(12-14)13-18(24)23-9-1-2-10-23/h1-6,8-10,14H,7,11-13H2/t14-/m0/s1. The Bertz CT molecular complexity index is 895. The molecule has 0 radical (unpaired) electrons. The smallest absolute Gasteiger partial charge is 0.244 e. The molecule has 0 saturated carbocycles. The van der Waals surface area contributed by atoms with Gasteiger partial charge in [-0.25, -0.2) is 0 Å². The summed E-state index contributed by atoms with van der Waals surface area (Å²) < 4.78 is 7.78. The molecule has 1 aliphatic rings. The summed E-state index contributed by atoms with van der Waals surface area (Å²) in [6.45, 7) is 1.97. The second kappa shape index (κ2) is 6.86. The van der Waals surface area contributed by atoms with E-state index in [1.807, 2.05) is 36.4 Å². The first kappa shape index (κ1) is 16.1. The molecule has 1 atom stereocenters. The quantitative estimate of drug-likeness (QED) is 0.718. The molecule has 2 aromatic heterocycles. The lowest BCUT2D eigenvalue weighted by Gasteiger charge is -2.17. The van der Waals surface area contributed by atoms with Crippen molar-refractivity contribution in [1.29, 1.82) is 0 Å². The first-order valence-corrected chi connectivity index (χ1v) is 8.67. The Hall–Kier alpha value is -2.37. The number of nitrogens with zero attached hydrogens (tertiary/aromatic N) is 3. The first-order valence-electron chi connectivity index (χ1n) is 8.29.